The van der Waals surface area contributed by atoms with Crippen LogP contribution >= 0.6 is 11.3 Å². The highest BCUT2D eigenvalue weighted by Crippen LogP contribution is 2.32. The molecule has 0 saturated carbocycles. The smallest absolute Gasteiger partial charge is 0.472 e. The van der Waals surface area contributed by atoms with E-state index in [1.165, 1.54) is 29.9 Å². The molecule has 11 heteroatoms. The lowest BCUT2D eigenvalue weighted by atomic mass is 9.94. The molecule has 0 aliphatic carbocycles. The van der Waals surface area contributed by atoms with Gasteiger partial charge in [0, 0.05) is 16.1 Å². The van der Waals surface area contributed by atoms with Gasteiger partial charge in [-0.2, -0.15) is 0 Å². The highest BCUT2D eigenvalue weighted by atomic mass is 32.1. The monoisotopic (exact) mass is 440 g/mol. The molecule has 2 aromatic heterocycles. The largest absolute Gasteiger partial charge is 0.573 e. The molecule has 0 saturated heterocycles. The lowest BCUT2D eigenvalue weighted by Crippen LogP contribution is -2.44. The zero-order valence-electron chi connectivity index (χ0n) is 15.1. The van der Waals surface area contributed by atoms with Crippen molar-refractivity contribution in [3.63, 3.8) is 0 Å². The molecule has 0 aliphatic rings. The Hall–Kier alpha value is -3.31. The Bertz CT molecular complexity index is 952. The molecular weight excluding hydrogens is 425 g/mol. The molecule has 30 heavy (non-hydrogen) atoms. The van der Waals surface area contributed by atoms with Gasteiger partial charge in [-0.05, 0) is 41.8 Å². The summed E-state index contributed by atoms with van der Waals surface area (Å²) in [6.45, 7) is -0.308. The minimum atomic E-state index is -4.83. The molecule has 158 valence electrons. The Balaban J connectivity index is 1.62. The molecule has 2 heterocycles. The van der Waals surface area contributed by atoms with Gasteiger partial charge in [0.05, 0.1) is 19.1 Å². The van der Waals surface area contributed by atoms with Gasteiger partial charge in [-0.15, -0.1) is 24.5 Å². The van der Waals surface area contributed by atoms with Crippen molar-refractivity contribution in [3.8, 4) is 5.75 Å². The van der Waals surface area contributed by atoms with Gasteiger partial charge in [0.1, 0.15) is 11.4 Å². The standard InChI is InChI=1S/C19H15F3N2O5S/c20-19(21,22)29-14-5-3-13(4-6-14)24-17(26)16(25)23-11-18(27,12-7-8-28-10-12)15-2-1-9-30-15/h1-10,27H,11H2,(H,23,25)(H,24,26). The molecular formula is C19H15F3N2O5S. The Morgan fingerprint density at radius 1 is 1.10 bits per heavy atom. The lowest BCUT2D eigenvalue weighted by Gasteiger charge is -2.26. The average Bonchev–Trinajstić information content (AvgIpc) is 3.40. The first-order valence-corrected chi connectivity index (χ1v) is 9.29. The van der Waals surface area contributed by atoms with Crippen molar-refractivity contribution in [2.24, 2.45) is 0 Å². The molecule has 0 radical (unpaired) electrons. The fourth-order valence-electron chi connectivity index (χ4n) is 2.56. The fraction of sp³-hybridized carbons (Fsp3) is 0.158. The van der Waals surface area contributed by atoms with Crippen LogP contribution in [0.1, 0.15) is 10.4 Å². The van der Waals surface area contributed by atoms with Crippen LogP contribution in [0, 0.1) is 0 Å². The zero-order chi connectivity index (χ0) is 21.8. The van der Waals surface area contributed by atoms with Crippen LogP contribution in [0.3, 0.4) is 0 Å². The van der Waals surface area contributed by atoms with E-state index in [9.17, 15) is 27.9 Å². The van der Waals surface area contributed by atoms with Crippen molar-refractivity contribution in [2.75, 3.05) is 11.9 Å². The number of thiophene rings is 1. The van der Waals surface area contributed by atoms with E-state index in [0.29, 0.717) is 10.4 Å². The number of carbonyl (C=O) groups excluding carboxylic acids is 2. The quantitative estimate of drug-likeness (QED) is 0.511. The van der Waals surface area contributed by atoms with Crippen LogP contribution < -0.4 is 15.4 Å². The third-order valence-electron chi connectivity index (χ3n) is 3.98. The molecule has 3 aromatic rings. The number of hydrogen-bond donors (Lipinski definition) is 3. The average molecular weight is 440 g/mol. The highest BCUT2D eigenvalue weighted by Gasteiger charge is 2.35. The maximum Gasteiger partial charge on any atom is 0.573 e. The molecule has 2 amide bonds. The number of rotatable bonds is 6. The summed E-state index contributed by atoms with van der Waals surface area (Å²) >= 11 is 1.26. The second-order valence-electron chi connectivity index (χ2n) is 6.06. The van der Waals surface area contributed by atoms with E-state index < -0.39 is 29.5 Å². The number of carbonyl (C=O) groups is 2. The summed E-state index contributed by atoms with van der Waals surface area (Å²) in [6.07, 6.45) is -2.13. The summed E-state index contributed by atoms with van der Waals surface area (Å²) in [4.78, 5) is 24.8. The van der Waals surface area contributed by atoms with Crippen LogP contribution in [0.5, 0.6) is 5.75 Å². The van der Waals surface area contributed by atoms with Crippen LogP contribution in [0.4, 0.5) is 18.9 Å². The topological polar surface area (TPSA) is 101 Å². The van der Waals surface area contributed by atoms with E-state index in [1.807, 2.05) is 0 Å². The van der Waals surface area contributed by atoms with Gasteiger partial charge in [-0.25, -0.2) is 0 Å². The zero-order valence-corrected chi connectivity index (χ0v) is 15.9. The minimum absolute atomic E-state index is 0.0908. The fourth-order valence-corrected chi connectivity index (χ4v) is 3.41. The first-order chi connectivity index (χ1) is 14.2. The Morgan fingerprint density at radius 3 is 2.40 bits per heavy atom. The van der Waals surface area contributed by atoms with Crippen molar-refractivity contribution in [3.05, 3.63) is 70.8 Å². The van der Waals surface area contributed by atoms with Crippen LogP contribution in [-0.2, 0) is 15.2 Å². The second-order valence-corrected chi connectivity index (χ2v) is 7.01. The summed E-state index contributed by atoms with van der Waals surface area (Å²) in [6, 6.07) is 9.24. The molecule has 3 rings (SSSR count). The van der Waals surface area contributed by atoms with Crippen LogP contribution in [0.2, 0.25) is 0 Å². The maximum absolute atomic E-state index is 12.2. The summed E-state index contributed by atoms with van der Waals surface area (Å²) < 4.78 is 45.3. The van der Waals surface area contributed by atoms with Gasteiger partial charge in [-0.1, -0.05) is 6.07 Å². The molecule has 3 N–H and O–H groups in total. The molecule has 1 aromatic carbocycles. The number of benzene rings is 1. The highest BCUT2D eigenvalue weighted by molar-refractivity contribution is 7.10. The van der Waals surface area contributed by atoms with E-state index in [2.05, 4.69) is 15.4 Å². The minimum Gasteiger partial charge on any atom is -0.472 e. The number of furan rings is 1. The van der Waals surface area contributed by atoms with Crippen LogP contribution in [-0.4, -0.2) is 29.8 Å². The Labute approximate surface area is 172 Å². The second kappa shape index (κ2) is 8.59. The van der Waals surface area contributed by atoms with E-state index in [-0.39, 0.29) is 12.2 Å². The number of alkyl halides is 3. The number of ether oxygens (including phenoxy) is 1. The van der Waals surface area contributed by atoms with E-state index in [0.717, 1.165) is 24.3 Å². The molecule has 0 spiro atoms. The van der Waals surface area contributed by atoms with Crippen LogP contribution in [0.25, 0.3) is 0 Å². The van der Waals surface area contributed by atoms with E-state index >= 15 is 0 Å². The maximum atomic E-state index is 12.2. The number of aliphatic hydroxyl groups is 1. The van der Waals surface area contributed by atoms with Crippen molar-refractivity contribution < 1.29 is 37.0 Å². The van der Waals surface area contributed by atoms with E-state index in [1.54, 1.807) is 17.5 Å². The van der Waals surface area contributed by atoms with Gasteiger partial charge in [0.15, 0.2) is 0 Å². The number of amides is 2. The van der Waals surface area contributed by atoms with Gasteiger partial charge in [-0.3, -0.25) is 9.59 Å². The first-order valence-electron chi connectivity index (χ1n) is 8.41. The number of nitrogens with one attached hydrogen (secondary N) is 2. The summed E-state index contributed by atoms with van der Waals surface area (Å²) in [5.41, 5.74) is -1.12. The third kappa shape index (κ3) is 5.19. The number of hydrogen-bond acceptors (Lipinski definition) is 6. The predicted molar refractivity (Wildman–Crippen MR) is 101 cm³/mol. The molecule has 0 fully saturated rings. The molecule has 0 bridgehead atoms. The van der Waals surface area contributed by atoms with Crippen molar-refractivity contribution in [1.29, 1.82) is 0 Å². The van der Waals surface area contributed by atoms with Gasteiger partial charge in [0.2, 0.25) is 0 Å². The Morgan fingerprint density at radius 2 is 1.83 bits per heavy atom. The van der Waals surface area contributed by atoms with Gasteiger partial charge in [0.25, 0.3) is 0 Å². The normalized spacial score (nSPS) is 13.3. The van der Waals surface area contributed by atoms with Crippen molar-refractivity contribution >= 4 is 28.8 Å². The lowest BCUT2D eigenvalue weighted by molar-refractivity contribution is -0.274. The third-order valence-corrected chi connectivity index (χ3v) is 5.01. The summed E-state index contributed by atoms with van der Waals surface area (Å²) in [5, 5.41) is 17.4. The molecule has 1 unspecified atom stereocenters. The first kappa shape index (κ1) is 21.4. The molecule has 0 aliphatic heterocycles. The van der Waals surface area contributed by atoms with E-state index in [4.69, 9.17) is 4.42 Å². The van der Waals surface area contributed by atoms with Gasteiger partial charge < -0.3 is 24.9 Å². The molecule has 7 nitrogen and oxygen atoms in total. The Kier molecular flexibility index (Phi) is 6.13. The molecule has 1 atom stereocenters. The predicted octanol–water partition coefficient (Wildman–Crippen LogP) is 3.23. The van der Waals surface area contributed by atoms with Crippen molar-refractivity contribution in [2.45, 2.75) is 12.0 Å². The van der Waals surface area contributed by atoms with Crippen molar-refractivity contribution in [1.82, 2.24) is 5.32 Å². The summed E-state index contributed by atoms with van der Waals surface area (Å²) in [5.74, 6) is -2.56. The number of anilines is 1. The number of halogens is 3. The SMILES string of the molecule is O=C(NCC(O)(c1ccoc1)c1cccs1)C(=O)Nc1ccc(OC(F)(F)F)cc1. The van der Waals surface area contributed by atoms with Crippen LogP contribution in [0.15, 0.2) is 64.8 Å². The van der Waals surface area contributed by atoms with Gasteiger partial charge >= 0.3 is 18.2 Å². The summed E-state index contributed by atoms with van der Waals surface area (Å²) in [7, 11) is 0.